The first-order valence-corrected chi connectivity index (χ1v) is 11.5. The van der Waals surface area contributed by atoms with E-state index >= 15 is 0 Å². The van der Waals surface area contributed by atoms with Gasteiger partial charge in [-0.1, -0.05) is 68.4 Å². The molecule has 2 aromatic carbocycles. The minimum absolute atomic E-state index is 0.0359. The highest BCUT2D eigenvalue weighted by molar-refractivity contribution is 7.77. The minimum atomic E-state index is -0.0359. The maximum atomic E-state index is 12.4. The van der Waals surface area contributed by atoms with Crippen molar-refractivity contribution in [3.63, 3.8) is 0 Å². The van der Waals surface area contributed by atoms with E-state index in [1.807, 2.05) is 36.4 Å². The minimum Gasteiger partial charge on any atom is -0.369 e. The molecule has 34 heavy (non-hydrogen) atoms. The van der Waals surface area contributed by atoms with Gasteiger partial charge in [0.1, 0.15) is 0 Å². The van der Waals surface area contributed by atoms with Gasteiger partial charge in [-0.3, -0.25) is 14.9 Å². The van der Waals surface area contributed by atoms with Crippen LogP contribution in [-0.4, -0.2) is 20.9 Å². The smallest absolute Gasteiger partial charge is 0.224 e. The monoisotopic (exact) mass is 474 g/mol. The molecule has 0 aliphatic rings. The highest BCUT2D eigenvalue weighted by atomic mass is 32.1. The third-order valence-electron chi connectivity index (χ3n) is 5.41. The topological polar surface area (TPSA) is 123 Å². The first kappa shape index (κ1) is 25.0. The predicted octanol–water partition coefficient (Wildman–Crippen LogP) is 4.49. The molecule has 2 aromatic heterocycles. The van der Waals surface area contributed by atoms with Gasteiger partial charge in [0.05, 0.1) is 24.0 Å². The number of hydrogen-bond donors (Lipinski definition) is 5. The normalized spacial score (nSPS) is 10.5. The molecule has 0 aliphatic heterocycles. The van der Waals surface area contributed by atoms with Crippen LogP contribution in [0.4, 0.5) is 5.95 Å². The van der Waals surface area contributed by atoms with Crippen LogP contribution in [0.3, 0.4) is 0 Å². The quantitative estimate of drug-likeness (QED) is 0.253. The highest BCUT2D eigenvalue weighted by Crippen LogP contribution is 2.21. The Morgan fingerprint density at radius 1 is 0.912 bits per heavy atom. The van der Waals surface area contributed by atoms with Crippen molar-refractivity contribution in [2.45, 2.75) is 32.7 Å². The molecule has 8 heteroatoms. The first-order chi connectivity index (χ1) is 16.5. The van der Waals surface area contributed by atoms with E-state index in [1.54, 1.807) is 12.4 Å². The highest BCUT2D eigenvalue weighted by Gasteiger charge is 2.07. The fourth-order valence-electron chi connectivity index (χ4n) is 3.47. The Kier molecular flexibility index (Phi) is 8.84. The molecular formula is C26H30N6OS. The summed E-state index contributed by atoms with van der Waals surface area (Å²) >= 11 is 3.03. The molecule has 0 saturated heterocycles. The third-order valence-corrected chi connectivity index (χ3v) is 5.41. The Morgan fingerprint density at radius 2 is 1.56 bits per heavy atom. The van der Waals surface area contributed by atoms with Gasteiger partial charge in [0.25, 0.3) is 0 Å². The summed E-state index contributed by atoms with van der Waals surface area (Å²) in [6.45, 7) is 4.83. The second-order valence-electron chi connectivity index (χ2n) is 8.16. The Hall–Kier alpha value is -3.62. The zero-order valence-electron chi connectivity index (χ0n) is 19.3. The van der Waals surface area contributed by atoms with Gasteiger partial charge in [0.2, 0.25) is 5.91 Å². The number of thiol groups is 1. The second-order valence-corrected chi connectivity index (χ2v) is 8.16. The van der Waals surface area contributed by atoms with Gasteiger partial charge in [0.15, 0.2) is 5.95 Å². The van der Waals surface area contributed by atoms with Crippen molar-refractivity contribution in [2.24, 2.45) is 5.14 Å². The van der Waals surface area contributed by atoms with Crippen molar-refractivity contribution in [2.75, 3.05) is 5.73 Å². The number of nitrogens with one attached hydrogen (secondary N) is 2. The number of aromatic nitrogens is 3. The molecule has 0 aliphatic carbocycles. The van der Waals surface area contributed by atoms with E-state index in [0.29, 0.717) is 24.8 Å². The number of nitrogens with zero attached hydrogens (tertiary/aromatic N) is 2. The number of H-pyrrole nitrogens is 1. The molecule has 1 amide bonds. The molecule has 0 fully saturated rings. The lowest BCUT2D eigenvalue weighted by Crippen LogP contribution is -2.24. The number of anilines is 1. The summed E-state index contributed by atoms with van der Waals surface area (Å²) < 4.78 is 0. The van der Waals surface area contributed by atoms with Gasteiger partial charge >= 0.3 is 0 Å². The van der Waals surface area contributed by atoms with Gasteiger partial charge < -0.3 is 16.0 Å². The van der Waals surface area contributed by atoms with Crippen molar-refractivity contribution in [1.82, 2.24) is 20.3 Å². The van der Waals surface area contributed by atoms with Crippen LogP contribution in [-0.2, 0) is 17.8 Å². The molecule has 2 heterocycles. The van der Waals surface area contributed by atoms with Gasteiger partial charge in [-0.2, -0.15) is 0 Å². The number of nitrogen functional groups attached to an aromatic ring is 1. The maximum Gasteiger partial charge on any atom is 0.224 e. The lowest BCUT2D eigenvalue weighted by molar-refractivity contribution is -0.120. The molecule has 0 unspecified atom stereocenters. The zero-order valence-corrected chi connectivity index (χ0v) is 20.2. The van der Waals surface area contributed by atoms with Crippen LogP contribution in [0.2, 0.25) is 0 Å². The Labute approximate surface area is 205 Å². The Bertz CT molecular complexity index is 1190. The fourth-order valence-corrected chi connectivity index (χ4v) is 3.47. The van der Waals surface area contributed by atoms with Gasteiger partial charge in [-0.05, 0) is 34.2 Å². The van der Waals surface area contributed by atoms with Crippen molar-refractivity contribution < 1.29 is 4.79 Å². The number of benzene rings is 2. The van der Waals surface area contributed by atoms with E-state index < -0.39 is 0 Å². The van der Waals surface area contributed by atoms with Crippen LogP contribution in [0, 0.1) is 0 Å². The van der Waals surface area contributed by atoms with Crippen LogP contribution < -0.4 is 16.2 Å². The van der Waals surface area contributed by atoms with E-state index in [1.165, 1.54) is 5.56 Å². The van der Waals surface area contributed by atoms with Crippen molar-refractivity contribution in [3.8, 4) is 22.5 Å². The van der Waals surface area contributed by atoms with E-state index in [2.05, 4.69) is 76.3 Å². The van der Waals surface area contributed by atoms with Crippen molar-refractivity contribution in [3.05, 3.63) is 89.7 Å². The Morgan fingerprint density at radius 3 is 2.12 bits per heavy atom. The van der Waals surface area contributed by atoms with Crippen molar-refractivity contribution in [1.29, 1.82) is 0 Å². The van der Waals surface area contributed by atoms with Gasteiger partial charge in [-0.25, -0.2) is 4.98 Å². The number of carbonyl (C=O) groups is 1. The molecule has 0 bridgehead atoms. The lowest BCUT2D eigenvalue weighted by Gasteiger charge is -2.08. The average molecular weight is 475 g/mol. The average Bonchev–Trinajstić information content (AvgIpc) is 3.31. The zero-order chi connectivity index (χ0) is 24.5. The number of nitrogens with two attached hydrogens (primary N) is 2. The third kappa shape index (κ3) is 6.69. The summed E-state index contributed by atoms with van der Waals surface area (Å²) in [6, 6.07) is 20.3. The number of rotatable bonds is 7. The molecule has 0 saturated carbocycles. The number of hydrogen-bond acceptors (Lipinski definition) is 6. The molecule has 4 rings (SSSR count). The number of aromatic amines is 1. The van der Waals surface area contributed by atoms with Crippen LogP contribution >= 0.6 is 12.8 Å². The molecule has 0 spiro atoms. The summed E-state index contributed by atoms with van der Waals surface area (Å²) in [7, 11) is 0. The molecule has 176 valence electrons. The molecular weight excluding hydrogens is 444 g/mol. The standard InChI is InChI=1S/C26H27N5O.H3NS/c1-17(2)20-8-10-21(11-9-20)23-12-5-19(15-28-23)13-25(32)29-14-18-3-6-22(7-4-18)24-16-30-26(27)31-24;1-2/h3-12,15-17H,13-14H2,1-2H3,(H,29,32)(H3,27,30,31);2H,1H2. The summed E-state index contributed by atoms with van der Waals surface area (Å²) in [4.78, 5) is 23.9. The van der Waals surface area contributed by atoms with Crippen LogP contribution in [0.25, 0.3) is 22.5 Å². The van der Waals surface area contributed by atoms with Gasteiger partial charge in [-0.15, -0.1) is 12.8 Å². The number of pyridine rings is 1. The van der Waals surface area contributed by atoms with E-state index in [4.69, 9.17) is 5.73 Å². The van der Waals surface area contributed by atoms with Crippen molar-refractivity contribution >= 4 is 24.7 Å². The molecule has 6 N–H and O–H groups in total. The summed E-state index contributed by atoms with van der Waals surface area (Å²) in [5, 5.41) is 7.16. The predicted molar refractivity (Wildman–Crippen MR) is 141 cm³/mol. The van der Waals surface area contributed by atoms with Crippen LogP contribution in [0.1, 0.15) is 36.5 Å². The number of imidazole rings is 1. The SMILES string of the molecule is CC(C)c1ccc(-c2ccc(CC(=O)NCc3ccc(-c4cnc(N)[nH]4)cc3)cn2)cc1.NS. The second kappa shape index (κ2) is 12.0. The summed E-state index contributed by atoms with van der Waals surface area (Å²) in [6.07, 6.45) is 3.77. The molecule has 0 radical (unpaired) electrons. The maximum absolute atomic E-state index is 12.4. The number of carbonyl (C=O) groups excluding carboxylic acids is 1. The largest absolute Gasteiger partial charge is 0.369 e. The molecule has 7 nitrogen and oxygen atoms in total. The number of amides is 1. The van der Waals surface area contributed by atoms with Crippen LogP contribution in [0.15, 0.2) is 73.1 Å². The fraction of sp³-hybridized carbons (Fsp3) is 0.192. The van der Waals surface area contributed by atoms with E-state index in [9.17, 15) is 4.79 Å². The first-order valence-electron chi connectivity index (χ1n) is 11.0. The van der Waals surface area contributed by atoms with Gasteiger partial charge in [0, 0.05) is 18.3 Å². The van der Waals surface area contributed by atoms with E-state index in [0.717, 1.165) is 33.6 Å². The Balaban J connectivity index is 0.00000158. The molecule has 0 atom stereocenters. The van der Waals surface area contributed by atoms with E-state index in [-0.39, 0.29) is 5.91 Å². The summed E-state index contributed by atoms with van der Waals surface area (Å²) in [5.41, 5.74) is 12.7. The van der Waals surface area contributed by atoms with Crippen LogP contribution in [0.5, 0.6) is 0 Å². The molecule has 4 aromatic rings. The lowest BCUT2D eigenvalue weighted by atomic mass is 10.0. The summed E-state index contributed by atoms with van der Waals surface area (Å²) in [5.74, 6) is 0.862.